The third-order valence-electron chi connectivity index (χ3n) is 3.57. The molecular weight excluding hydrogens is 288 g/mol. The summed E-state index contributed by atoms with van der Waals surface area (Å²) in [6.07, 6.45) is 3.04. The zero-order valence-corrected chi connectivity index (χ0v) is 13.7. The Bertz CT molecular complexity index is 497. The molecule has 118 valence electrons. The number of anilines is 2. The average molecular weight is 312 g/mol. The van der Waals surface area contributed by atoms with Crippen LogP contribution in [0.5, 0.6) is 0 Å². The maximum Gasteiger partial charge on any atom is 0.258 e. The fourth-order valence-electron chi connectivity index (χ4n) is 1.91. The highest BCUT2D eigenvalue weighted by molar-refractivity contribution is 7.11. The summed E-state index contributed by atoms with van der Waals surface area (Å²) in [5.41, 5.74) is 6.39. The zero-order valence-electron chi connectivity index (χ0n) is 12.9. The molecule has 1 aromatic heterocycles. The second-order valence-corrected chi connectivity index (χ2v) is 7.05. The smallest absolute Gasteiger partial charge is 0.258 e. The van der Waals surface area contributed by atoms with Crippen LogP contribution in [0.1, 0.15) is 43.5 Å². The number of rotatable bonds is 8. The van der Waals surface area contributed by atoms with Crippen molar-refractivity contribution < 1.29 is 9.53 Å². The lowest BCUT2D eigenvalue weighted by Gasteiger charge is -2.24. The lowest BCUT2D eigenvalue weighted by molar-refractivity contribution is 0.0953. The van der Waals surface area contributed by atoms with E-state index in [1.807, 2.05) is 0 Å². The first-order valence-electron chi connectivity index (χ1n) is 7.22. The van der Waals surface area contributed by atoms with Crippen LogP contribution in [0.3, 0.4) is 0 Å². The molecule has 0 radical (unpaired) electrons. The van der Waals surface area contributed by atoms with Gasteiger partial charge >= 0.3 is 0 Å². The number of carbonyl (C=O) groups is 1. The van der Waals surface area contributed by atoms with E-state index in [0.717, 1.165) is 30.8 Å². The van der Waals surface area contributed by atoms with Gasteiger partial charge in [-0.2, -0.15) is 4.37 Å². The molecule has 0 unspecified atom stereocenters. The summed E-state index contributed by atoms with van der Waals surface area (Å²) in [5.74, 6) is 0.177. The molecule has 6 nitrogen and oxygen atoms in total. The first kappa shape index (κ1) is 16.0. The van der Waals surface area contributed by atoms with E-state index >= 15 is 0 Å². The minimum Gasteiger partial charge on any atom is -0.385 e. The molecular formula is C14H24N4O2S. The Kier molecular flexibility index (Phi) is 5.05. The summed E-state index contributed by atoms with van der Waals surface area (Å²) in [6, 6.07) is 0.308. The monoisotopic (exact) mass is 312 g/mol. The Hall–Kier alpha value is -1.34. The number of carbonyl (C=O) groups excluding carboxylic acids is 1. The van der Waals surface area contributed by atoms with Gasteiger partial charge in [-0.05, 0) is 36.2 Å². The molecule has 7 heteroatoms. The summed E-state index contributed by atoms with van der Waals surface area (Å²) in [5, 5.41) is 7.02. The second kappa shape index (κ2) is 6.62. The molecule has 1 aliphatic carbocycles. The second-order valence-electron chi connectivity index (χ2n) is 6.28. The molecule has 0 saturated heterocycles. The third-order valence-corrected chi connectivity index (χ3v) is 4.39. The standard InChI is InChI=1S/C14H24N4O2S/c1-14(2,6-7-20-3)8-16-13-10(11(15)18-21-13)12(19)17-9-4-5-9/h9,16H,4-8H2,1-3H3,(H2,15,18)(H,17,19). The van der Waals surface area contributed by atoms with E-state index in [4.69, 9.17) is 10.5 Å². The predicted octanol–water partition coefficient (Wildman–Crippen LogP) is 2.09. The number of hydrogen-bond acceptors (Lipinski definition) is 6. The SMILES string of the molecule is COCCC(C)(C)CNc1snc(N)c1C(=O)NC1CC1. The van der Waals surface area contributed by atoms with E-state index in [1.165, 1.54) is 11.5 Å². The molecule has 1 heterocycles. The van der Waals surface area contributed by atoms with Crippen molar-refractivity contribution in [2.24, 2.45) is 5.41 Å². The molecule has 0 aromatic carbocycles. The summed E-state index contributed by atoms with van der Waals surface area (Å²) in [7, 11) is 1.70. The minimum atomic E-state index is -0.124. The Morgan fingerprint density at radius 2 is 2.24 bits per heavy atom. The number of nitrogen functional groups attached to an aromatic ring is 1. The molecule has 0 atom stereocenters. The lowest BCUT2D eigenvalue weighted by atomic mass is 9.90. The van der Waals surface area contributed by atoms with Crippen molar-refractivity contribution in [1.29, 1.82) is 0 Å². The zero-order chi connectivity index (χ0) is 15.5. The highest BCUT2D eigenvalue weighted by Crippen LogP contribution is 2.30. The Morgan fingerprint density at radius 1 is 1.52 bits per heavy atom. The molecule has 1 aliphatic rings. The quantitative estimate of drug-likeness (QED) is 0.684. The molecule has 2 rings (SSSR count). The van der Waals surface area contributed by atoms with Crippen LogP contribution in [-0.2, 0) is 4.74 Å². The topological polar surface area (TPSA) is 89.3 Å². The number of nitrogens with zero attached hydrogens (tertiary/aromatic N) is 1. The summed E-state index contributed by atoms with van der Waals surface area (Å²) >= 11 is 1.24. The predicted molar refractivity (Wildman–Crippen MR) is 85.8 cm³/mol. The van der Waals surface area contributed by atoms with Gasteiger partial charge in [0.2, 0.25) is 0 Å². The van der Waals surface area contributed by atoms with E-state index in [2.05, 4.69) is 28.9 Å². The summed E-state index contributed by atoms with van der Waals surface area (Å²) in [6.45, 7) is 5.77. The van der Waals surface area contributed by atoms with Crippen LogP contribution in [0.25, 0.3) is 0 Å². The van der Waals surface area contributed by atoms with E-state index in [-0.39, 0.29) is 11.3 Å². The number of ether oxygens (including phenoxy) is 1. The van der Waals surface area contributed by atoms with Gasteiger partial charge in [0.1, 0.15) is 10.6 Å². The Labute approximate surface area is 129 Å². The van der Waals surface area contributed by atoms with Crippen LogP contribution in [-0.4, -0.2) is 36.6 Å². The molecule has 4 N–H and O–H groups in total. The van der Waals surface area contributed by atoms with Gasteiger partial charge in [0, 0.05) is 26.3 Å². The van der Waals surface area contributed by atoms with Gasteiger partial charge < -0.3 is 21.1 Å². The van der Waals surface area contributed by atoms with Crippen molar-refractivity contribution in [2.75, 3.05) is 31.3 Å². The molecule has 21 heavy (non-hydrogen) atoms. The summed E-state index contributed by atoms with van der Waals surface area (Å²) in [4.78, 5) is 12.2. The molecule has 0 bridgehead atoms. The van der Waals surface area contributed by atoms with Crippen LogP contribution in [0, 0.1) is 5.41 Å². The number of amides is 1. The fraction of sp³-hybridized carbons (Fsp3) is 0.714. The van der Waals surface area contributed by atoms with Gasteiger partial charge in [-0.1, -0.05) is 13.8 Å². The van der Waals surface area contributed by atoms with Crippen molar-refractivity contribution in [3.8, 4) is 0 Å². The van der Waals surface area contributed by atoms with Gasteiger partial charge in [-0.15, -0.1) is 0 Å². The highest BCUT2D eigenvalue weighted by Gasteiger charge is 2.28. The number of methoxy groups -OCH3 is 1. The first-order chi connectivity index (χ1) is 9.93. The highest BCUT2D eigenvalue weighted by atomic mass is 32.1. The molecule has 1 fully saturated rings. The van der Waals surface area contributed by atoms with E-state index in [0.29, 0.717) is 24.0 Å². The number of nitrogens with one attached hydrogen (secondary N) is 2. The Balaban J connectivity index is 1.98. The van der Waals surface area contributed by atoms with Crippen molar-refractivity contribution in [2.45, 2.75) is 39.2 Å². The average Bonchev–Trinajstić information content (AvgIpc) is 3.15. The number of hydrogen-bond donors (Lipinski definition) is 3. The van der Waals surface area contributed by atoms with Crippen molar-refractivity contribution in [3.63, 3.8) is 0 Å². The van der Waals surface area contributed by atoms with E-state index in [1.54, 1.807) is 7.11 Å². The largest absolute Gasteiger partial charge is 0.385 e. The van der Waals surface area contributed by atoms with Crippen LogP contribution in [0.15, 0.2) is 0 Å². The van der Waals surface area contributed by atoms with Gasteiger partial charge in [0.05, 0.1) is 0 Å². The van der Waals surface area contributed by atoms with Gasteiger partial charge in [-0.25, -0.2) is 0 Å². The van der Waals surface area contributed by atoms with E-state index < -0.39 is 0 Å². The van der Waals surface area contributed by atoms with Crippen LogP contribution < -0.4 is 16.4 Å². The first-order valence-corrected chi connectivity index (χ1v) is 7.99. The maximum absolute atomic E-state index is 12.2. The lowest BCUT2D eigenvalue weighted by Crippen LogP contribution is -2.28. The molecule has 0 spiro atoms. The van der Waals surface area contributed by atoms with Gasteiger partial charge in [0.25, 0.3) is 5.91 Å². The fourth-order valence-corrected chi connectivity index (χ4v) is 2.62. The van der Waals surface area contributed by atoms with Crippen LogP contribution in [0.2, 0.25) is 0 Å². The van der Waals surface area contributed by atoms with Crippen molar-refractivity contribution in [3.05, 3.63) is 5.56 Å². The molecule has 1 amide bonds. The van der Waals surface area contributed by atoms with Crippen molar-refractivity contribution in [1.82, 2.24) is 9.69 Å². The molecule has 1 saturated carbocycles. The molecule has 0 aliphatic heterocycles. The maximum atomic E-state index is 12.2. The number of aromatic nitrogens is 1. The van der Waals surface area contributed by atoms with Gasteiger partial charge in [0.15, 0.2) is 5.82 Å². The van der Waals surface area contributed by atoms with E-state index in [9.17, 15) is 4.79 Å². The molecule has 1 aromatic rings. The normalized spacial score (nSPS) is 15.0. The number of nitrogens with two attached hydrogens (primary N) is 1. The van der Waals surface area contributed by atoms with Gasteiger partial charge in [-0.3, -0.25) is 4.79 Å². The summed E-state index contributed by atoms with van der Waals surface area (Å²) < 4.78 is 9.22. The van der Waals surface area contributed by atoms with Crippen LogP contribution in [0.4, 0.5) is 10.8 Å². The van der Waals surface area contributed by atoms with Crippen molar-refractivity contribution >= 4 is 28.3 Å². The van der Waals surface area contributed by atoms with Crippen LogP contribution >= 0.6 is 11.5 Å². The Morgan fingerprint density at radius 3 is 2.86 bits per heavy atom. The minimum absolute atomic E-state index is 0.0685. The third kappa shape index (κ3) is 4.57.